The molecule has 3 aliphatic heterocycles. The van der Waals surface area contributed by atoms with Crippen molar-refractivity contribution >= 4 is 11.7 Å². The lowest BCUT2D eigenvalue weighted by Crippen LogP contribution is -2.60. The molecule has 3 atom stereocenters. The zero-order valence-corrected chi connectivity index (χ0v) is 14.9. The van der Waals surface area contributed by atoms with E-state index < -0.39 is 0 Å². The number of nitrogens with one attached hydrogen (secondary N) is 1. The molecule has 0 aromatic heterocycles. The maximum Gasteiger partial charge on any atom is 0.322 e. The summed E-state index contributed by atoms with van der Waals surface area (Å²) < 4.78 is 17.7. The minimum Gasteiger partial charge on any atom is -0.491 e. The van der Waals surface area contributed by atoms with E-state index in [-0.39, 0.29) is 23.8 Å². The highest BCUT2D eigenvalue weighted by atomic mass is 16.6. The first-order valence-electron chi connectivity index (χ1n) is 9.17. The van der Waals surface area contributed by atoms with Gasteiger partial charge >= 0.3 is 6.03 Å². The number of amides is 2. The van der Waals surface area contributed by atoms with Gasteiger partial charge in [-0.3, -0.25) is 0 Å². The van der Waals surface area contributed by atoms with Gasteiger partial charge in [0.2, 0.25) is 0 Å². The van der Waals surface area contributed by atoms with Gasteiger partial charge in [0, 0.05) is 19.6 Å². The van der Waals surface area contributed by atoms with Crippen molar-refractivity contribution in [2.75, 3.05) is 31.6 Å². The number of fused-ring (bicyclic) bond motifs is 1. The predicted octanol–water partition coefficient (Wildman–Crippen LogP) is 2.81. The lowest BCUT2D eigenvalue weighted by molar-refractivity contribution is -0.159. The van der Waals surface area contributed by atoms with Crippen LogP contribution in [0.5, 0.6) is 5.75 Å². The van der Waals surface area contributed by atoms with Crippen LogP contribution in [-0.4, -0.2) is 55.0 Å². The normalized spacial score (nSPS) is 31.5. The van der Waals surface area contributed by atoms with Crippen LogP contribution in [0.2, 0.25) is 0 Å². The fourth-order valence-electron chi connectivity index (χ4n) is 4.14. The molecule has 136 valence electrons. The van der Waals surface area contributed by atoms with E-state index in [0.29, 0.717) is 26.3 Å². The van der Waals surface area contributed by atoms with Gasteiger partial charge in [0.05, 0.1) is 31.0 Å². The summed E-state index contributed by atoms with van der Waals surface area (Å²) in [5.41, 5.74) is 1.53. The van der Waals surface area contributed by atoms with E-state index in [1.807, 2.05) is 30.9 Å². The van der Waals surface area contributed by atoms with Gasteiger partial charge in [-0.25, -0.2) is 4.79 Å². The molecule has 1 aromatic carbocycles. The van der Waals surface area contributed by atoms with Crippen molar-refractivity contribution in [1.29, 1.82) is 0 Å². The van der Waals surface area contributed by atoms with Crippen molar-refractivity contribution in [3.05, 3.63) is 23.8 Å². The summed E-state index contributed by atoms with van der Waals surface area (Å²) in [4.78, 5) is 14.8. The fraction of sp³-hybridized carbons (Fsp3) is 0.632. The molecule has 0 aliphatic carbocycles. The first kappa shape index (κ1) is 16.7. The van der Waals surface area contributed by atoms with Gasteiger partial charge in [-0.15, -0.1) is 0 Å². The topological polar surface area (TPSA) is 60.0 Å². The van der Waals surface area contributed by atoms with E-state index in [9.17, 15) is 4.79 Å². The molecule has 0 saturated carbocycles. The number of hydrogen-bond acceptors (Lipinski definition) is 4. The summed E-state index contributed by atoms with van der Waals surface area (Å²) in [5.74, 6) is 0.815. The van der Waals surface area contributed by atoms with E-state index in [2.05, 4.69) is 11.4 Å². The fourth-order valence-corrected chi connectivity index (χ4v) is 4.14. The molecule has 1 aromatic rings. The van der Waals surface area contributed by atoms with Crippen LogP contribution in [-0.2, 0) is 15.9 Å². The zero-order valence-electron chi connectivity index (χ0n) is 14.9. The van der Waals surface area contributed by atoms with Crippen molar-refractivity contribution in [3.63, 3.8) is 0 Å². The van der Waals surface area contributed by atoms with Gasteiger partial charge in [-0.2, -0.15) is 0 Å². The molecule has 25 heavy (non-hydrogen) atoms. The largest absolute Gasteiger partial charge is 0.491 e. The van der Waals surface area contributed by atoms with E-state index in [1.54, 1.807) is 0 Å². The van der Waals surface area contributed by atoms with Crippen molar-refractivity contribution in [3.8, 4) is 5.75 Å². The summed E-state index contributed by atoms with van der Waals surface area (Å²) >= 11 is 0. The van der Waals surface area contributed by atoms with E-state index in [4.69, 9.17) is 14.2 Å². The number of hydrogen-bond donors (Lipinski definition) is 1. The number of carbonyl (C=O) groups is 1. The summed E-state index contributed by atoms with van der Waals surface area (Å²) in [6.45, 7) is 6.56. The third-order valence-electron chi connectivity index (χ3n) is 5.47. The minimum absolute atomic E-state index is 0.00151. The van der Waals surface area contributed by atoms with Crippen molar-refractivity contribution < 1.29 is 19.0 Å². The standard InChI is InChI=1S/C19H26N2O4/c1-13-11-21(12-19(25-13)8-10-23-14(19)2)18(22)20-16-7-3-5-15-6-4-9-24-17(15)16/h3,5,7,13-14H,4,6,8-12H2,1-2H3,(H,20,22)/t13-,14+,19-/m1/s1. The smallest absolute Gasteiger partial charge is 0.322 e. The molecule has 0 bridgehead atoms. The number of ether oxygens (including phenoxy) is 3. The van der Waals surface area contributed by atoms with Crippen LogP contribution in [0.15, 0.2) is 18.2 Å². The van der Waals surface area contributed by atoms with Crippen molar-refractivity contribution in [2.45, 2.75) is 50.9 Å². The summed E-state index contributed by atoms with van der Waals surface area (Å²) in [6, 6.07) is 5.84. The van der Waals surface area contributed by atoms with Crippen LogP contribution < -0.4 is 10.1 Å². The molecule has 2 saturated heterocycles. The van der Waals surface area contributed by atoms with E-state index >= 15 is 0 Å². The molecule has 3 heterocycles. The lowest BCUT2D eigenvalue weighted by atomic mass is 9.93. The summed E-state index contributed by atoms with van der Waals surface area (Å²) in [7, 11) is 0. The number of morpholine rings is 1. The average Bonchev–Trinajstić information content (AvgIpc) is 2.94. The maximum absolute atomic E-state index is 12.9. The molecule has 2 amide bonds. The van der Waals surface area contributed by atoms with Gasteiger partial charge in [0.25, 0.3) is 0 Å². The van der Waals surface area contributed by atoms with Crippen LogP contribution in [0.1, 0.15) is 32.3 Å². The second-order valence-corrected chi connectivity index (χ2v) is 7.31. The first-order chi connectivity index (χ1) is 12.1. The Morgan fingerprint density at radius 1 is 1.32 bits per heavy atom. The number of anilines is 1. The second-order valence-electron chi connectivity index (χ2n) is 7.31. The Hall–Kier alpha value is -1.79. The van der Waals surface area contributed by atoms with Gasteiger partial charge in [-0.1, -0.05) is 12.1 Å². The van der Waals surface area contributed by atoms with Gasteiger partial charge in [-0.05, 0) is 38.3 Å². The first-order valence-corrected chi connectivity index (χ1v) is 9.17. The Balaban J connectivity index is 1.51. The summed E-state index contributed by atoms with van der Waals surface area (Å²) in [5, 5.41) is 3.05. The monoisotopic (exact) mass is 346 g/mol. The van der Waals surface area contributed by atoms with Gasteiger partial charge in [0.15, 0.2) is 0 Å². The van der Waals surface area contributed by atoms with Crippen LogP contribution in [0, 0.1) is 0 Å². The molecule has 2 fully saturated rings. The molecule has 0 radical (unpaired) electrons. The van der Waals surface area contributed by atoms with E-state index in [0.717, 1.165) is 36.3 Å². The molecular weight excluding hydrogens is 320 g/mol. The SMILES string of the molecule is C[C@@H]1CN(C(=O)Nc2cccc3c2OCCC3)C[C@@]2(CCO[C@H]2C)O1. The highest BCUT2D eigenvalue weighted by Crippen LogP contribution is 2.36. The number of urea groups is 1. The highest BCUT2D eigenvalue weighted by Gasteiger charge is 2.48. The Labute approximate surface area is 148 Å². The van der Waals surface area contributed by atoms with Crippen molar-refractivity contribution in [2.24, 2.45) is 0 Å². The molecule has 3 aliphatic rings. The summed E-state index contributed by atoms with van der Waals surface area (Å²) in [6.07, 6.45) is 2.83. The number of carbonyl (C=O) groups excluding carboxylic acids is 1. The van der Waals surface area contributed by atoms with Crippen LogP contribution in [0.25, 0.3) is 0 Å². The maximum atomic E-state index is 12.9. The number of aryl methyl sites for hydroxylation is 1. The lowest BCUT2D eigenvalue weighted by Gasteiger charge is -2.45. The number of para-hydroxylation sites is 1. The molecule has 1 spiro atoms. The van der Waals surface area contributed by atoms with E-state index in [1.165, 1.54) is 0 Å². The number of benzene rings is 1. The predicted molar refractivity (Wildman–Crippen MR) is 94.2 cm³/mol. The van der Waals surface area contributed by atoms with Gasteiger partial charge in [0.1, 0.15) is 11.4 Å². The van der Waals surface area contributed by atoms with Crippen LogP contribution in [0.3, 0.4) is 0 Å². The Kier molecular flexibility index (Phi) is 4.33. The quantitative estimate of drug-likeness (QED) is 0.849. The Bertz CT molecular complexity index is 665. The van der Waals surface area contributed by atoms with Gasteiger partial charge < -0.3 is 24.4 Å². The number of rotatable bonds is 1. The third kappa shape index (κ3) is 3.09. The molecule has 4 rings (SSSR count). The minimum atomic E-state index is -0.387. The number of nitrogens with zero attached hydrogens (tertiary/aromatic N) is 1. The zero-order chi connectivity index (χ0) is 17.4. The molecule has 6 heteroatoms. The second kappa shape index (κ2) is 6.50. The molecule has 6 nitrogen and oxygen atoms in total. The van der Waals surface area contributed by atoms with Crippen LogP contribution in [0.4, 0.5) is 10.5 Å². The molecule has 0 unspecified atom stereocenters. The molecular formula is C19H26N2O4. The van der Waals surface area contributed by atoms with Crippen LogP contribution >= 0.6 is 0 Å². The Morgan fingerprint density at radius 3 is 3.00 bits per heavy atom. The third-order valence-corrected chi connectivity index (χ3v) is 5.47. The Morgan fingerprint density at radius 2 is 2.20 bits per heavy atom. The van der Waals surface area contributed by atoms with Crippen molar-refractivity contribution in [1.82, 2.24) is 4.90 Å². The highest BCUT2D eigenvalue weighted by molar-refractivity contribution is 5.91. The molecule has 1 N–H and O–H groups in total. The average molecular weight is 346 g/mol.